The maximum absolute atomic E-state index is 2.54. The average molecular weight is 955 g/mol. The highest BCUT2D eigenvalue weighted by atomic mass is 15.1. The van der Waals surface area contributed by atoms with E-state index in [-0.39, 0.29) is 0 Å². The van der Waals surface area contributed by atoms with Crippen molar-refractivity contribution in [3.63, 3.8) is 0 Å². The highest BCUT2D eigenvalue weighted by molar-refractivity contribution is 6.11. The van der Waals surface area contributed by atoms with E-state index in [1.54, 1.807) is 0 Å². The molecule has 0 spiro atoms. The zero-order valence-electron chi connectivity index (χ0n) is 41.3. The van der Waals surface area contributed by atoms with Crippen LogP contribution in [0, 0.1) is 0 Å². The number of nitrogens with zero attached hydrogens (tertiary/aromatic N) is 2. The fraction of sp³-hybridized carbons (Fsp3) is 0.0137. The standard InChI is InChI=1S/C73H50N2/c1-5-19-51(20-6-1)53-39-44-61(45-40-53)74(62-46-41-54(42-47-62)52-21-7-2-8-22-52)63-28-17-23-57(49-63)55-35-37-56(38-36-55)58-43-48-66-65-30-14-16-33-69(65)75(71(66)50-58)70-34-18-31-67-64-29-13-15-32-68(64)73(72(67)70,59-24-9-3-10-25-59)60-26-11-4-12-27-60/h1-50H. The number of fused-ring (bicyclic) bond motifs is 6. The van der Waals surface area contributed by atoms with Crippen molar-refractivity contribution in [2.45, 2.75) is 5.41 Å². The fourth-order valence-corrected chi connectivity index (χ4v) is 12.1. The minimum Gasteiger partial charge on any atom is -0.310 e. The molecule has 1 aromatic heterocycles. The molecule has 0 saturated heterocycles. The van der Waals surface area contributed by atoms with Crippen LogP contribution in [0.4, 0.5) is 17.1 Å². The first-order valence-electron chi connectivity index (χ1n) is 25.9. The van der Waals surface area contributed by atoms with E-state index < -0.39 is 5.41 Å². The maximum atomic E-state index is 2.54. The van der Waals surface area contributed by atoms with Crippen molar-refractivity contribution in [2.24, 2.45) is 0 Å². The van der Waals surface area contributed by atoms with Crippen LogP contribution in [-0.2, 0) is 5.41 Å². The van der Waals surface area contributed by atoms with Crippen LogP contribution in [0.5, 0.6) is 0 Å². The zero-order chi connectivity index (χ0) is 49.7. The highest BCUT2D eigenvalue weighted by Crippen LogP contribution is 2.58. The van der Waals surface area contributed by atoms with Crippen molar-refractivity contribution in [2.75, 3.05) is 4.90 Å². The van der Waals surface area contributed by atoms with Gasteiger partial charge in [0.2, 0.25) is 0 Å². The summed E-state index contributed by atoms with van der Waals surface area (Å²) in [7, 11) is 0. The van der Waals surface area contributed by atoms with Crippen molar-refractivity contribution in [1.82, 2.24) is 4.57 Å². The Kier molecular flexibility index (Phi) is 10.8. The second kappa shape index (κ2) is 18.4. The summed E-state index contributed by atoms with van der Waals surface area (Å²) in [6, 6.07) is 111. The molecule has 13 aromatic rings. The van der Waals surface area contributed by atoms with Gasteiger partial charge in [-0.15, -0.1) is 0 Å². The van der Waals surface area contributed by atoms with Gasteiger partial charge in [0, 0.05) is 33.4 Å². The van der Waals surface area contributed by atoms with E-state index in [4.69, 9.17) is 0 Å². The highest BCUT2D eigenvalue weighted by Gasteiger charge is 2.48. The fourth-order valence-electron chi connectivity index (χ4n) is 12.1. The van der Waals surface area contributed by atoms with Gasteiger partial charge in [0.05, 0.1) is 22.1 Å². The van der Waals surface area contributed by atoms with E-state index in [0.29, 0.717) is 0 Å². The zero-order valence-corrected chi connectivity index (χ0v) is 41.3. The van der Waals surface area contributed by atoms with Gasteiger partial charge in [-0.2, -0.15) is 0 Å². The first-order chi connectivity index (χ1) is 37.2. The lowest BCUT2D eigenvalue weighted by Gasteiger charge is -2.35. The Morgan fingerprint density at radius 2 is 0.693 bits per heavy atom. The number of rotatable bonds is 10. The minimum absolute atomic E-state index is 0.551. The lowest BCUT2D eigenvalue weighted by molar-refractivity contribution is 0.762. The molecule has 1 aliphatic carbocycles. The molecule has 0 amide bonds. The van der Waals surface area contributed by atoms with E-state index in [1.165, 1.54) is 94.3 Å². The molecule has 0 N–H and O–H groups in total. The van der Waals surface area contributed by atoms with Gasteiger partial charge in [-0.05, 0) is 127 Å². The first-order valence-corrected chi connectivity index (χ1v) is 25.9. The smallest absolute Gasteiger partial charge is 0.0734 e. The van der Waals surface area contributed by atoms with Gasteiger partial charge in [0.15, 0.2) is 0 Å². The van der Waals surface area contributed by atoms with Gasteiger partial charge in [-0.1, -0.05) is 249 Å². The van der Waals surface area contributed by atoms with Crippen LogP contribution in [0.1, 0.15) is 22.3 Å². The molecule has 352 valence electrons. The Hall–Kier alpha value is -9.76. The minimum atomic E-state index is -0.551. The Labute approximate surface area is 438 Å². The molecule has 14 rings (SSSR count). The Bertz CT molecular complexity index is 4060. The summed E-state index contributed by atoms with van der Waals surface area (Å²) < 4.78 is 2.54. The first kappa shape index (κ1) is 44.0. The summed E-state index contributed by atoms with van der Waals surface area (Å²) in [6.45, 7) is 0. The molecule has 0 aliphatic heterocycles. The van der Waals surface area contributed by atoms with Crippen molar-refractivity contribution in [1.29, 1.82) is 0 Å². The molecule has 2 heteroatoms. The van der Waals surface area contributed by atoms with Gasteiger partial charge < -0.3 is 9.47 Å². The van der Waals surface area contributed by atoms with E-state index in [9.17, 15) is 0 Å². The molecule has 12 aromatic carbocycles. The second-order valence-corrected chi connectivity index (χ2v) is 19.6. The molecular formula is C73H50N2. The molecular weight excluding hydrogens is 905 g/mol. The van der Waals surface area contributed by atoms with E-state index in [1.807, 2.05) is 0 Å². The molecule has 1 aliphatic rings. The normalized spacial score (nSPS) is 12.4. The number of benzene rings is 12. The van der Waals surface area contributed by atoms with Crippen LogP contribution in [-0.4, -0.2) is 4.57 Å². The van der Waals surface area contributed by atoms with Crippen LogP contribution in [0.3, 0.4) is 0 Å². The monoisotopic (exact) mass is 954 g/mol. The van der Waals surface area contributed by atoms with Crippen LogP contribution in [0.25, 0.3) is 83.1 Å². The van der Waals surface area contributed by atoms with Crippen molar-refractivity contribution in [3.8, 4) is 61.3 Å². The lowest BCUT2D eigenvalue weighted by Crippen LogP contribution is -2.29. The summed E-state index contributed by atoms with van der Waals surface area (Å²) in [6.07, 6.45) is 0. The Morgan fingerprint density at radius 3 is 1.31 bits per heavy atom. The largest absolute Gasteiger partial charge is 0.310 e. The summed E-state index contributed by atoms with van der Waals surface area (Å²) in [5, 5.41) is 2.47. The molecule has 2 nitrogen and oxygen atoms in total. The third-order valence-corrected chi connectivity index (χ3v) is 15.5. The summed E-state index contributed by atoms with van der Waals surface area (Å²) in [5.74, 6) is 0. The average Bonchev–Trinajstić information content (AvgIpc) is 4.00. The predicted octanol–water partition coefficient (Wildman–Crippen LogP) is 19.3. The molecule has 0 atom stereocenters. The quantitative estimate of drug-likeness (QED) is 0.133. The van der Waals surface area contributed by atoms with E-state index >= 15 is 0 Å². The summed E-state index contributed by atoms with van der Waals surface area (Å²) in [4.78, 5) is 2.36. The van der Waals surface area contributed by atoms with Gasteiger partial charge in [0.25, 0.3) is 0 Å². The molecule has 0 unspecified atom stereocenters. The van der Waals surface area contributed by atoms with Crippen LogP contribution < -0.4 is 4.90 Å². The summed E-state index contributed by atoms with van der Waals surface area (Å²) >= 11 is 0. The van der Waals surface area contributed by atoms with Gasteiger partial charge in [-0.3, -0.25) is 0 Å². The SMILES string of the molecule is c1ccc(-c2ccc(N(c3ccc(-c4ccccc4)cc3)c3cccc(-c4ccc(-c5ccc6c7ccccc7n(-c7cccc8c7C(c7ccccc7)(c7ccccc7)c7ccccc7-8)c6c5)cc4)c3)cc2)cc1. The Balaban J connectivity index is 0.864. The second-order valence-electron chi connectivity index (χ2n) is 19.6. The molecule has 1 heterocycles. The number of hydrogen-bond acceptors (Lipinski definition) is 1. The van der Waals surface area contributed by atoms with E-state index in [2.05, 4.69) is 313 Å². The number of anilines is 3. The molecule has 75 heavy (non-hydrogen) atoms. The van der Waals surface area contributed by atoms with Gasteiger partial charge >= 0.3 is 0 Å². The summed E-state index contributed by atoms with van der Waals surface area (Å²) in [5.41, 5.74) is 23.4. The van der Waals surface area contributed by atoms with Crippen molar-refractivity contribution < 1.29 is 0 Å². The number of para-hydroxylation sites is 1. The molecule has 0 bridgehead atoms. The maximum Gasteiger partial charge on any atom is 0.0734 e. The topological polar surface area (TPSA) is 8.17 Å². The van der Waals surface area contributed by atoms with Gasteiger partial charge in [0.1, 0.15) is 0 Å². The van der Waals surface area contributed by atoms with Crippen LogP contribution in [0.15, 0.2) is 303 Å². The van der Waals surface area contributed by atoms with Gasteiger partial charge in [-0.25, -0.2) is 0 Å². The number of aromatic nitrogens is 1. The number of hydrogen-bond donors (Lipinski definition) is 0. The molecule has 0 fully saturated rings. The Morgan fingerprint density at radius 1 is 0.267 bits per heavy atom. The van der Waals surface area contributed by atoms with E-state index in [0.717, 1.165) is 28.2 Å². The third kappa shape index (κ3) is 7.41. The van der Waals surface area contributed by atoms with Crippen LogP contribution in [0.2, 0.25) is 0 Å². The van der Waals surface area contributed by atoms with Crippen molar-refractivity contribution >= 4 is 38.9 Å². The van der Waals surface area contributed by atoms with Crippen LogP contribution >= 0.6 is 0 Å². The molecule has 0 saturated carbocycles. The lowest BCUT2D eigenvalue weighted by atomic mass is 9.67. The van der Waals surface area contributed by atoms with Crippen molar-refractivity contribution in [3.05, 3.63) is 326 Å². The molecule has 0 radical (unpaired) electrons. The predicted molar refractivity (Wildman–Crippen MR) is 315 cm³/mol. The third-order valence-electron chi connectivity index (χ3n) is 15.5.